The van der Waals surface area contributed by atoms with Crippen molar-refractivity contribution in [3.8, 4) is 0 Å². The van der Waals surface area contributed by atoms with Crippen LogP contribution >= 0.6 is 35.6 Å². The number of hydrogen-bond donors (Lipinski definition) is 0. The number of thiocarbonyl (C=S) groups is 1. The van der Waals surface area contributed by atoms with Crippen molar-refractivity contribution in [1.29, 1.82) is 0 Å². The first-order valence-electron chi connectivity index (χ1n) is 7.65. The Labute approximate surface area is 160 Å². The van der Waals surface area contributed by atoms with Crippen molar-refractivity contribution in [1.82, 2.24) is 0 Å². The van der Waals surface area contributed by atoms with Crippen LogP contribution < -0.4 is 4.90 Å². The number of amides is 1. The van der Waals surface area contributed by atoms with E-state index < -0.39 is 0 Å². The van der Waals surface area contributed by atoms with E-state index in [-0.39, 0.29) is 5.91 Å². The number of benzene rings is 3. The molecule has 2 nitrogen and oxygen atoms in total. The van der Waals surface area contributed by atoms with Gasteiger partial charge in [-0.25, -0.2) is 0 Å². The maximum Gasteiger partial charge on any atom is 0.270 e. The average Bonchev–Trinajstić information content (AvgIpc) is 2.89. The third kappa shape index (κ3) is 3.09. The van der Waals surface area contributed by atoms with Crippen LogP contribution in [0.25, 0.3) is 16.8 Å². The zero-order chi connectivity index (χ0) is 17.4. The summed E-state index contributed by atoms with van der Waals surface area (Å²) in [4.78, 5) is 15.0. The summed E-state index contributed by atoms with van der Waals surface area (Å²) in [5.41, 5.74) is 1.70. The number of nitrogens with zero attached hydrogens (tertiary/aromatic N) is 1. The number of thioether (sulfide) groups is 1. The molecule has 122 valence electrons. The standard InChI is InChI=1S/C20H12ClNOS2/c21-15-8-4-9-16(12-15)22-19(23)18(25-20(22)24)11-14-7-3-6-13-5-1-2-10-17(13)14/h1-12H. The molecule has 0 aromatic heterocycles. The summed E-state index contributed by atoms with van der Waals surface area (Å²) in [6, 6.07) is 21.3. The Balaban J connectivity index is 1.75. The van der Waals surface area contributed by atoms with Gasteiger partial charge in [-0.3, -0.25) is 9.69 Å². The van der Waals surface area contributed by atoms with Gasteiger partial charge in [-0.1, -0.05) is 84.1 Å². The second-order valence-electron chi connectivity index (χ2n) is 5.57. The topological polar surface area (TPSA) is 20.3 Å². The van der Waals surface area contributed by atoms with Crippen molar-refractivity contribution in [2.75, 3.05) is 4.90 Å². The van der Waals surface area contributed by atoms with E-state index in [2.05, 4.69) is 18.2 Å². The van der Waals surface area contributed by atoms with Gasteiger partial charge in [-0.05, 0) is 40.6 Å². The van der Waals surface area contributed by atoms with Crippen LogP contribution in [0.15, 0.2) is 71.6 Å². The molecule has 0 bridgehead atoms. The fraction of sp³-hybridized carbons (Fsp3) is 0. The molecular weight excluding hydrogens is 370 g/mol. The Morgan fingerprint density at radius 1 is 1.00 bits per heavy atom. The monoisotopic (exact) mass is 381 g/mol. The SMILES string of the molecule is O=C1C(=Cc2cccc3ccccc23)SC(=S)N1c1cccc(Cl)c1. The highest BCUT2D eigenvalue weighted by Gasteiger charge is 2.33. The van der Waals surface area contributed by atoms with Gasteiger partial charge in [0.1, 0.15) is 0 Å². The third-order valence-electron chi connectivity index (χ3n) is 3.97. The maximum absolute atomic E-state index is 12.9. The largest absolute Gasteiger partial charge is 0.270 e. The number of fused-ring (bicyclic) bond motifs is 1. The van der Waals surface area contributed by atoms with Crippen LogP contribution in [-0.4, -0.2) is 10.2 Å². The van der Waals surface area contributed by atoms with Gasteiger partial charge in [0.2, 0.25) is 0 Å². The molecule has 1 fully saturated rings. The molecule has 0 unspecified atom stereocenters. The number of hydrogen-bond acceptors (Lipinski definition) is 3. The van der Waals surface area contributed by atoms with Crippen LogP contribution in [-0.2, 0) is 4.79 Å². The lowest BCUT2D eigenvalue weighted by molar-refractivity contribution is -0.113. The first-order chi connectivity index (χ1) is 12.1. The molecule has 4 rings (SSSR count). The Bertz CT molecular complexity index is 1040. The van der Waals surface area contributed by atoms with Gasteiger partial charge in [-0.2, -0.15) is 0 Å². The minimum Gasteiger partial charge on any atom is -0.268 e. The van der Waals surface area contributed by atoms with Crippen LogP contribution in [0.2, 0.25) is 5.02 Å². The lowest BCUT2D eigenvalue weighted by Crippen LogP contribution is -2.27. The molecule has 1 aliphatic rings. The van der Waals surface area contributed by atoms with E-state index in [1.807, 2.05) is 42.5 Å². The molecule has 0 aliphatic carbocycles. The third-order valence-corrected chi connectivity index (χ3v) is 5.51. The van der Waals surface area contributed by atoms with E-state index in [4.69, 9.17) is 23.8 Å². The van der Waals surface area contributed by atoms with Gasteiger partial charge in [0.05, 0.1) is 10.6 Å². The van der Waals surface area contributed by atoms with Crippen molar-refractivity contribution in [3.05, 3.63) is 82.2 Å². The van der Waals surface area contributed by atoms with E-state index in [9.17, 15) is 4.79 Å². The number of carbonyl (C=O) groups excluding carboxylic acids is 1. The van der Waals surface area contributed by atoms with Gasteiger partial charge < -0.3 is 0 Å². The van der Waals surface area contributed by atoms with Gasteiger partial charge in [0.15, 0.2) is 4.32 Å². The average molecular weight is 382 g/mol. The first kappa shape index (κ1) is 16.3. The summed E-state index contributed by atoms with van der Waals surface area (Å²) in [5.74, 6) is -0.120. The predicted octanol–water partition coefficient (Wildman–Crippen LogP) is 5.90. The number of carbonyl (C=O) groups is 1. The minimum atomic E-state index is -0.120. The summed E-state index contributed by atoms with van der Waals surface area (Å²) in [6.45, 7) is 0. The highest BCUT2D eigenvalue weighted by molar-refractivity contribution is 8.27. The predicted molar refractivity (Wildman–Crippen MR) is 111 cm³/mol. The molecule has 1 saturated heterocycles. The molecule has 0 saturated carbocycles. The normalized spacial score (nSPS) is 16.2. The highest BCUT2D eigenvalue weighted by atomic mass is 35.5. The molecule has 1 heterocycles. The number of rotatable bonds is 2. The van der Waals surface area contributed by atoms with Gasteiger partial charge in [0.25, 0.3) is 5.91 Å². The molecule has 0 spiro atoms. The maximum atomic E-state index is 12.9. The second-order valence-corrected chi connectivity index (χ2v) is 7.68. The summed E-state index contributed by atoms with van der Waals surface area (Å²) in [7, 11) is 0. The molecule has 3 aromatic rings. The quantitative estimate of drug-likeness (QED) is 0.407. The smallest absolute Gasteiger partial charge is 0.268 e. The van der Waals surface area contributed by atoms with Crippen LogP contribution in [0.1, 0.15) is 5.56 Å². The van der Waals surface area contributed by atoms with E-state index in [0.29, 0.717) is 19.9 Å². The Morgan fingerprint density at radius 2 is 1.76 bits per heavy atom. The van der Waals surface area contributed by atoms with Crippen molar-refractivity contribution in [3.63, 3.8) is 0 Å². The van der Waals surface area contributed by atoms with Crippen LogP contribution in [0.5, 0.6) is 0 Å². The van der Waals surface area contributed by atoms with Crippen molar-refractivity contribution >= 4 is 68.3 Å². The molecule has 1 amide bonds. The minimum absolute atomic E-state index is 0.120. The molecular formula is C20H12ClNOS2. The zero-order valence-corrected chi connectivity index (χ0v) is 15.4. The van der Waals surface area contributed by atoms with Crippen molar-refractivity contribution in [2.45, 2.75) is 0 Å². The van der Waals surface area contributed by atoms with E-state index in [1.54, 1.807) is 12.1 Å². The van der Waals surface area contributed by atoms with Crippen LogP contribution in [0, 0.1) is 0 Å². The van der Waals surface area contributed by atoms with Crippen molar-refractivity contribution < 1.29 is 4.79 Å². The molecule has 5 heteroatoms. The Kier molecular flexibility index (Phi) is 4.34. The number of anilines is 1. The second kappa shape index (κ2) is 6.64. The molecule has 0 N–H and O–H groups in total. The van der Waals surface area contributed by atoms with Crippen LogP contribution in [0.4, 0.5) is 5.69 Å². The lowest BCUT2D eigenvalue weighted by atomic mass is 10.0. The summed E-state index contributed by atoms with van der Waals surface area (Å²) >= 11 is 12.8. The van der Waals surface area contributed by atoms with E-state index >= 15 is 0 Å². The molecule has 25 heavy (non-hydrogen) atoms. The molecule has 0 atom stereocenters. The van der Waals surface area contributed by atoms with Gasteiger partial charge in [0, 0.05) is 5.02 Å². The highest BCUT2D eigenvalue weighted by Crippen LogP contribution is 2.37. The Hall–Kier alpha value is -2.14. The van der Waals surface area contributed by atoms with Crippen molar-refractivity contribution in [2.24, 2.45) is 0 Å². The summed E-state index contributed by atoms with van der Waals surface area (Å²) in [5, 5.41) is 2.82. The molecule has 1 aliphatic heterocycles. The molecule has 0 radical (unpaired) electrons. The fourth-order valence-corrected chi connectivity index (χ4v) is 4.30. The first-order valence-corrected chi connectivity index (χ1v) is 9.25. The van der Waals surface area contributed by atoms with Gasteiger partial charge >= 0.3 is 0 Å². The number of halogens is 1. The Morgan fingerprint density at radius 3 is 2.60 bits per heavy atom. The van der Waals surface area contributed by atoms with E-state index in [0.717, 1.165) is 16.3 Å². The zero-order valence-electron chi connectivity index (χ0n) is 13.0. The summed E-state index contributed by atoms with van der Waals surface area (Å²) < 4.78 is 0.513. The van der Waals surface area contributed by atoms with Gasteiger partial charge in [-0.15, -0.1) is 0 Å². The fourth-order valence-electron chi connectivity index (χ4n) is 2.82. The summed E-state index contributed by atoms with van der Waals surface area (Å²) in [6.07, 6.45) is 1.91. The molecule has 3 aromatic carbocycles. The van der Waals surface area contributed by atoms with Crippen LogP contribution in [0.3, 0.4) is 0 Å². The lowest BCUT2D eigenvalue weighted by Gasteiger charge is -2.14. The van der Waals surface area contributed by atoms with E-state index in [1.165, 1.54) is 16.7 Å².